The molecule has 1 aliphatic carbocycles. The molecule has 6 nitrogen and oxygen atoms in total. The highest BCUT2D eigenvalue weighted by Crippen LogP contribution is 2.46. The molecule has 1 spiro atoms. The fraction of sp³-hybridized carbons (Fsp3) is 0.550. The Morgan fingerprint density at radius 2 is 2.00 bits per heavy atom. The molecule has 1 atom stereocenters. The molecule has 1 aliphatic heterocycles. The molecule has 2 aromatic heterocycles. The van der Waals surface area contributed by atoms with Crippen molar-refractivity contribution in [1.82, 2.24) is 15.0 Å². The third-order valence-corrected chi connectivity index (χ3v) is 7.17. The quantitative estimate of drug-likeness (QED) is 0.733. The van der Waals surface area contributed by atoms with E-state index in [1.807, 2.05) is 6.92 Å². The number of aromatic nitrogens is 3. The van der Waals surface area contributed by atoms with Crippen LogP contribution in [-0.2, 0) is 6.61 Å². The van der Waals surface area contributed by atoms with Crippen LogP contribution in [0.15, 0.2) is 12.3 Å². The summed E-state index contributed by atoms with van der Waals surface area (Å²) in [5.74, 6) is 0.751. The first-order chi connectivity index (χ1) is 13.4. The van der Waals surface area contributed by atoms with Crippen molar-refractivity contribution in [3.05, 3.63) is 33.8 Å². The van der Waals surface area contributed by atoms with Gasteiger partial charge in [-0.1, -0.05) is 29.6 Å². The predicted octanol–water partition coefficient (Wildman–Crippen LogP) is 3.74. The largest absolute Gasteiger partial charge is 0.390 e. The zero-order chi connectivity index (χ0) is 19.9. The molecule has 3 N–H and O–H groups in total. The van der Waals surface area contributed by atoms with E-state index in [4.69, 9.17) is 38.9 Å². The van der Waals surface area contributed by atoms with Gasteiger partial charge in [0, 0.05) is 30.9 Å². The van der Waals surface area contributed by atoms with Gasteiger partial charge in [-0.15, -0.1) is 0 Å². The maximum absolute atomic E-state index is 9.96. The van der Waals surface area contributed by atoms with E-state index in [1.54, 1.807) is 12.3 Å². The van der Waals surface area contributed by atoms with Gasteiger partial charge in [0.1, 0.15) is 10.8 Å². The molecule has 1 unspecified atom stereocenters. The summed E-state index contributed by atoms with van der Waals surface area (Å²) < 4.78 is 0. The minimum Gasteiger partial charge on any atom is -0.390 e. The number of piperidine rings is 1. The van der Waals surface area contributed by atoms with Crippen LogP contribution in [0.3, 0.4) is 0 Å². The lowest BCUT2D eigenvalue weighted by molar-refractivity contribution is 0.196. The van der Waals surface area contributed by atoms with Gasteiger partial charge in [-0.3, -0.25) is 0 Å². The molecule has 0 aromatic carbocycles. The highest BCUT2D eigenvalue weighted by Gasteiger charge is 2.43. The molecule has 0 bridgehead atoms. The van der Waals surface area contributed by atoms with Gasteiger partial charge in [0.25, 0.3) is 0 Å². The first kappa shape index (κ1) is 19.8. The van der Waals surface area contributed by atoms with Crippen molar-refractivity contribution < 1.29 is 5.11 Å². The summed E-state index contributed by atoms with van der Waals surface area (Å²) >= 11 is 12.4. The van der Waals surface area contributed by atoms with E-state index in [2.05, 4.69) is 9.88 Å². The Hall–Kier alpha value is -1.47. The number of rotatable bonds is 3. The fourth-order valence-electron chi connectivity index (χ4n) is 4.71. The summed E-state index contributed by atoms with van der Waals surface area (Å²) in [6.45, 7) is 3.48. The Balaban J connectivity index is 1.64. The van der Waals surface area contributed by atoms with E-state index >= 15 is 0 Å². The monoisotopic (exact) mass is 421 g/mol. The topological polar surface area (TPSA) is 88.2 Å². The van der Waals surface area contributed by atoms with Crippen molar-refractivity contribution in [2.75, 3.05) is 18.0 Å². The van der Waals surface area contributed by atoms with Gasteiger partial charge < -0.3 is 15.7 Å². The van der Waals surface area contributed by atoms with Crippen LogP contribution < -0.4 is 10.6 Å². The zero-order valence-corrected chi connectivity index (χ0v) is 17.5. The number of aliphatic hydroxyl groups excluding tert-OH is 1. The van der Waals surface area contributed by atoms with Gasteiger partial charge in [-0.05, 0) is 44.1 Å². The highest BCUT2D eigenvalue weighted by molar-refractivity contribution is 6.42. The van der Waals surface area contributed by atoms with Crippen molar-refractivity contribution in [2.24, 2.45) is 11.1 Å². The zero-order valence-electron chi connectivity index (χ0n) is 16.0. The van der Waals surface area contributed by atoms with Gasteiger partial charge in [0.2, 0.25) is 0 Å². The smallest absolute Gasteiger partial charge is 0.153 e. The number of nitrogens with two attached hydrogens (primary N) is 1. The van der Waals surface area contributed by atoms with Gasteiger partial charge in [0.05, 0.1) is 23.0 Å². The second kappa shape index (κ2) is 7.75. The Morgan fingerprint density at radius 3 is 2.64 bits per heavy atom. The summed E-state index contributed by atoms with van der Waals surface area (Å²) in [5, 5.41) is 10.5. The van der Waals surface area contributed by atoms with E-state index in [1.165, 1.54) is 12.8 Å². The first-order valence-corrected chi connectivity index (χ1v) is 10.5. The van der Waals surface area contributed by atoms with Crippen molar-refractivity contribution in [2.45, 2.75) is 51.7 Å². The third-order valence-electron chi connectivity index (χ3n) is 6.41. The number of hydrogen-bond donors (Lipinski definition) is 2. The number of hydrogen-bond acceptors (Lipinski definition) is 6. The van der Waals surface area contributed by atoms with Crippen LogP contribution >= 0.6 is 23.2 Å². The Labute approximate surface area is 175 Å². The Morgan fingerprint density at radius 1 is 1.25 bits per heavy atom. The number of aryl methyl sites for hydroxylation is 1. The lowest BCUT2D eigenvalue weighted by Crippen LogP contribution is -2.47. The van der Waals surface area contributed by atoms with Crippen LogP contribution in [-0.4, -0.2) is 39.2 Å². The molecule has 150 valence electrons. The van der Waals surface area contributed by atoms with E-state index in [0.717, 1.165) is 43.9 Å². The highest BCUT2D eigenvalue weighted by atomic mass is 35.5. The molecule has 2 aliphatic rings. The van der Waals surface area contributed by atoms with Crippen LogP contribution in [0.2, 0.25) is 10.2 Å². The molecule has 3 heterocycles. The number of anilines is 1. The number of nitrogens with zero attached hydrogens (tertiary/aromatic N) is 4. The van der Waals surface area contributed by atoms with Crippen molar-refractivity contribution in [3.8, 4) is 11.3 Å². The minimum absolute atomic E-state index is 0.187. The third kappa shape index (κ3) is 3.36. The van der Waals surface area contributed by atoms with E-state index in [-0.39, 0.29) is 17.2 Å². The van der Waals surface area contributed by atoms with Crippen molar-refractivity contribution in [1.29, 1.82) is 0 Å². The minimum atomic E-state index is -0.187. The van der Waals surface area contributed by atoms with Gasteiger partial charge in [0.15, 0.2) is 5.82 Å². The van der Waals surface area contributed by atoms with Crippen LogP contribution in [0, 0.1) is 12.3 Å². The van der Waals surface area contributed by atoms with E-state index in [9.17, 15) is 5.11 Å². The molecule has 28 heavy (non-hydrogen) atoms. The Bertz CT molecular complexity index is 883. The SMILES string of the molecule is Cc1nc(N2CCC3(CCCC3N)CC2)c(CO)nc1-c1ccnc(Cl)c1Cl. The molecule has 2 fully saturated rings. The summed E-state index contributed by atoms with van der Waals surface area (Å²) in [7, 11) is 0. The van der Waals surface area contributed by atoms with Gasteiger partial charge in [-0.2, -0.15) is 0 Å². The molecular formula is C20H25Cl2N5O. The predicted molar refractivity (Wildman–Crippen MR) is 112 cm³/mol. The number of aliphatic hydroxyl groups is 1. The van der Waals surface area contributed by atoms with Crippen LogP contribution in [0.5, 0.6) is 0 Å². The first-order valence-electron chi connectivity index (χ1n) is 9.74. The molecule has 1 saturated carbocycles. The maximum atomic E-state index is 9.96. The fourth-order valence-corrected chi connectivity index (χ4v) is 5.07. The Kier molecular flexibility index (Phi) is 5.49. The second-order valence-electron chi connectivity index (χ2n) is 7.90. The van der Waals surface area contributed by atoms with Crippen LogP contribution in [0.25, 0.3) is 11.3 Å². The van der Waals surface area contributed by atoms with Gasteiger partial charge >= 0.3 is 0 Å². The molecular weight excluding hydrogens is 397 g/mol. The average molecular weight is 422 g/mol. The number of halogens is 2. The van der Waals surface area contributed by atoms with E-state index in [0.29, 0.717) is 28.0 Å². The van der Waals surface area contributed by atoms with Gasteiger partial charge in [-0.25, -0.2) is 15.0 Å². The standard InChI is InChI=1S/C20H25Cl2N5O/c1-12-17(13-4-8-24-18(22)16(13)21)26-14(11-28)19(25-12)27-9-6-20(7-10-27)5-2-3-15(20)23/h4,8,15,28H,2-3,5-7,9-11,23H2,1H3. The molecule has 8 heteroatoms. The molecule has 1 saturated heterocycles. The average Bonchev–Trinajstić information content (AvgIpc) is 3.04. The normalized spacial score (nSPS) is 21.5. The molecule has 0 radical (unpaired) electrons. The summed E-state index contributed by atoms with van der Waals surface area (Å²) in [6.07, 6.45) is 7.29. The van der Waals surface area contributed by atoms with E-state index < -0.39 is 0 Å². The summed E-state index contributed by atoms with van der Waals surface area (Å²) in [4.78, 5) is 15.7. The lowest BCUT2D eigenvalue weighted by atomic mass is 9.74. The van der Waals surface area contributed by atoms with Crippen LogP contribution in [0.1, 0.15) is 43.5 Å². The second-order valence-corrected chi connectivity index (χ2v) is 8.63. The summed E-state index contributed by atoms with van der Waals surface area (Å²) in [5.41, 5.74) is 9.27. The van der Waals surface area contributed by atoms with Crippen molar-refractivity contribution in [3.63, 3.8) is 0 Å². The number of pyridine rings is 1. The molecule has 2 aromatic rings. The molecule has 4 rings (SSSR count). The lowest BCUT2D eigenvalue weighted by Gasteiger charge is -2.42. The van der Waals surface area contributed by atoms with Crippen molar-refractivity contribution >= 4 is 29.0 Å². The molecule has 0 amide bonds. The maximum Gasteiger partial charge on any atom is 0.153 e. The van der Waals surface area contributed by atoms with Crippen LogP contribution in [0.4, 0.5) is 5.82 Å². The summed E-state index contributed by atoms with van der Waals surface area (Å²) in [6, 6.07) is 2.07.